The average Bonchev–Trinajstić information content (AvgIpc) is 2.36. The summed E-state index contributed by atoms with van der Waals surface area (Å²) in [6, 6.07) is 4.70. The van der Waals surface area contributed by atoms with Crippen LogP contribution < -0.4 is 10.2 Å². The fraction of sp³-hybridized carbons (Fsp3) is 0.600. The summed E-state index contributed by atoms with van der Waals surface area (Å²) < 4.78 is 39.6. The molecule has 0 aromatic heterocycles. The van der Waals surface area contributed by atoms with E-state index < -0.39 is 11.7 Å². The third-order valence-electron chi connectivity index (χ3n) is 3.95. The molecule has 0 radical (unpaired) electrons. The first kappa shape index (κ1) is 16.1. The molecule has 21 heavy (non-hydrogen) atoms. The minimum Gasteiger partial charge on any atom is -0.395 e. The number of anilines is 1. The van der Waals surface area contributed by atoms with Gasteiger partial charge in [0.05, 0.1) is 12.2 Å². The van der Waals surface area contributed by atoms with Crippen LogP contribution in [0.5, 0.6) is 0 Å². The maximum Gasteiger partial charge on any atom is 0.416 e. The second-order valence-corrected chi connectivity index (χ2v) is 5.37. The number of halogens is 3. The Hall–Kier alpha value is -1.27. The monoisotopic (exact) mass is 302 g/mol. The van der Waals surface area contributed by atoms with E-state index in [1.807, 2.05) is 4.90 Å². The van der Waals surface area contributed by atoms with Gasteiger partial charge >= 0.3 is 6.18 Å². The number of nitrogens with one attached hydrogen (secondary N) is 1. The van der Waals surface area contributed by atoms with Gasteiger partial charge in [0.25, 0.3) is 0 Å². The zero-order valence-electron chi connectivity index (χ0n) is 12.1. The summed E-state index contributed by atoms with van der Waals surface area (Å²) in [6.07, 6.45) is -1.33. The van der Waals surface area contributed by atoms with Crippen molar-refractivity contribution < 1.29 is 18.3 Å². The lowest BCUT2D eigenvalue weighted by molar-refractivity contribution is -0.138. The normalized spacial score (nSPS) is 15.9. The molecule has 1 aliphatic carbocycles. The molecule has 0 atom stereocenters. The highest BCUT2D eigenvalue weighted by molar-refractivity contribution is 5.53. The lowest BCUT2D eigenvalue weighted by Gasteiger charge is -2.39. The van der Waals surface area contributed by atoms with Gasteiger partial charge in [-0.15, -0.1) is 0 Å². The fourth-order valence-electron chi connectivity index (χ4n) is 2.68. The summed E-state index contributed by atoms with van der Waals surface area (Å²) in [5.74, 6) is 0. The van der Waals surface area contributed by atoms with Crippen LogP contribution in [-0.2, 0) is 12.7 Å². The Kier molecular flexibility index (Phi) is 5.11. The van der Waals surface area contributed by atoms with Crippen molar-refractivity contribution in [3.05, 3.63) is 29.3 Å². The van der Waals surface area contributed by atoms with Gasteiger partial charge in [0.1, 0.15) is 0 Å². The predicted molar refractivity (Wildman–Crippen MR) is 76.3 cm³/mol. The van der Waals surface area contributed by atoms with E-state index in [9.17, 15) is 13.2 Å². The minimum absolute atomic E-state index is 0.0594. The second-order valence-electron chi connectivity index (χ2n) is 5.37. The van der Waals surface area contributed by atoms with E-state index in [0.29, 0.717) is 12.2 Å². The fourth-order valence-corrected chi connectivity index (χ4v) is 2.68. The van der Waals surface area contributed by atoms with Crippen LogP contribution in [0, 0.1) is 0 Å². The molecule has 0 unspecified atom stereocenters. The molecule has 1 aromatic rings. The van der Waals surface area contributed by atoms with E-state index in [-0.39, 0.29) is 24.8 Å². The van der Waals surface area contributed by atoms with Crippen molar-refractivity contribution in [3.63, 3.8) is 0 Å². The first-order valence-electron chi connectivity index (χ1n) is 7.19. The summed E-state index contributed by atoms with van der Waals surface area (Å²) in [7, 11) is 1.63. The Morgan fingerprint density at radius 1 is 1.33 bits per heavy atom. The SMILES string of the molecule is CNCc1ccc(N(CCO)C2CCC2)cc1C(F)(F)F. The molecule has 1 saturated carbocycles. The van der Waals surface area contributed by atoms with Crippen LogP contribution >= 0.6 is 0 Å². The smallest absolute Gasteiger partial charge is 0.395 e. The molecule has 3 nitrogen and oxygen atoms in total. The van der Waals surface area contributed by atoms with E-state index in [1.54, 1.807) is 13.1 Å². The number of aliphatic hydroxyl groups is 1. The molecule has 2 rings (SSSR count). The largest absolute Gasteiger partial charge is 0.416 e. The van der Waals surface area contributed by atoms with Crippen LogP contribution in [0.4, 0.5) is 18.9 Å². The first-order valence-corrected chi connectivity index (χ1v) is 7.19. The van der Waals surface area contributed by atoms with E-state index in [1.165, 1.54) is 12.1 Å². The summed E-state index contributed by atoms with van der Waals surface area (Å²) in [5, 5.41) is 11.9. The van der Waals surface area contributed by atoms with E-state index >= 15 is 0 Å². The molecule has 1 aliphatic rings. The van der Waals surface area contributed by atoms with Gasteiger partial charge in [0, 0.05) is 24.8 Å². The molecule has 0 heterocycles. The molecule has 118 valence electrons. The summed E-state index contributed by atoms with van der Waals surface area (Å²) >= 11 is 0. The molecule has 2 N–H and O–H groups in total. The molecule has 0 spiro atoms. The van der Waals surface area contributed by atoms with Crippen LogP contribution in [-0.4, -0.2) is 31.3 Å². The summed E-state index contributed by atoms with van der Waals surface area (Å²) in [6.45, 7) is 0.488. The van der Waals surface area contributed by atoms with Gasteiger partial charge in [-0.25, -0.2) is 0 Å². The van der Waals surface area contributed by atoms with Crippen molar-refractivity contribution in [1.29, 1.82) is 0 Å². The van der Waals surface area contributed by atoms with Crippen LogP contribution in [0.25, 0.3) is 0 Å². The summed E-state index contributed by atoms with van der Waals surface area (Å²) in [4.78, 5) is 1.89. The second kappa shape index (κ2) is 6.66. The number of aliphatic hydroxyl groups excluding tert-OH is 1. The van der Waals surface area contributed by atoms with Crippen molar-refractivity contribution in [1.82, 2.24) is 5.32 Å². The molecule has 1 fully saturated rings. The number of benzene rings is 1. The molecule has 0 amide bonds. The maximum absolute atomic E-state index is 13.2. The van der Waals surface area contributed by atoms with Gasteiger partial charge in [-0.05, 0) is 44.0 Å². The topological polar surface area (TPSA) is 35.5 Å². The van der Waals surface area contributed by atoms with Gasteiger partial charge in [-0.3, -0.25) is 0 Å². The Morgan fingerprint density at radius 3 is 2.52 bits per heavy atom. The quantitative estimate of drug-likeness (QED) is 0.848. The number of hydrogen-bond donors (Lipinski definition) is 2. The molecule has 0 bridgehead atoms. The van der Waals surface area contributed by atoms with Gasteiger partial charge < -0.3 is 15.3 Å². The van der Waals surface area contributed by atoms with Crippen molar-refractivity contribution in [2.45, 2.75) is 38.0 Å². The summed E-state index contributed by atoms with van der Waals surface area (Å²) in [5.41, 5.74) is 0.184. The Balaban J connectivity index is 2.34. The predicted octanol–water partition coefficient (Wildman–Crippen LogP) is 2.78. The maximum atomic E-state index is 13.2. The molecule has 0 saturated heterocycles. The van der Waals surface area contributed by atoms with E-state index in [2.05, 4.69) is 5.32 Å². The van der Waals surface area contributed by atoms with Crippen LogP contribution in [0.1, 0.15) is 30.4 Å². The van der Waals surface area contributed by atoms with Crippen molar-refractivity contribution in [2.75, 3.05) is 25.1 Å². The Labute approximate surface area is 122 Å². The zero-order valence-corrected chi connectivity index (χ0v) is 12.1. The van der Waals surface area contributed by atoms with Gasteiger partial charge in [-0.2, -0.15) is 13.2 Å². The average molecular weight is 302 g/mol. The highest BCUT2D eigenvalue weighted by atomic mass is 19.4. The third-order valence-corrected chi connectivity index (χ3v) is 3.95. The van der Waals surface area contributed by atoms with E-state index in [0.717, 1.165) is 19.3 Å². The molecule has 0 aliphatic heterocycles. The van der Waals surface area contributed by atoms with Gasteiger partial charge in [-0.1, -0.05) is 6.07 Å². The van der Waals surface area contributed by atoms with Gasteiger partial charge in [0.2, 0.25) is 0 Å². The standard InChI is InChI=1S/C15H21F3N2O/c1-19-10-11-5-6-13(9-14(11)15(16,17)18)20(7-8-21)12-3-2-4-12/h5-6,9,12,19,21H,2-4,7-8,10H2,1H3. The Bertz CT molecular complexity index is 472. The van der Waals surface area contributed by atoms with Gasteiger partial charge in [0.15, 0.2) is 0 Å². The van der Waals surface area contributed by atoms with E-state index in [4.69, 9.17) is 5.11 Å². The van der Waals surface area contributed by atoms with Crippen LogP contribution in [0.3, 0.4) is 0 Å². The molecular weight excluding hydrogens is 281 g/mol. The molecule has 1 aromatic carbocycles. The molecule has 6 heteroatoms. The zero-order chi connectivity index (χ0) is 15.5. The number of alkyl halides is 3. The lowest BCUT2D eigenvalue weighted by atomic mass is 9.90. The lowest BCUT2D eigenvalue weighted by Crippen LogP contribution is -2.42. The molecular formula is C15H21F3N2O. The Morgan fingerprint density at radius 2 is 2.05 bits per heavy atom. The van der Waals surface area contributed by atoms with Crippen LogP contribution in [0.2, 0.25) is 0 Å². The third kappa shape index (κ3) is 3.68. The highest BCUT2D eigenvalue weighted by Gasteiger charge is 2.34. The highest BCUT2D eigenvalue weighted by Crippen LogP contribution is 2.36. The van der Waals surface area contributed by atoms with Crippen molar-refractivity contribution >= 4 is 5.69 Å². The van der Waals surface area contributed by atoms with Crippen molar-refractivity contribution in [3.8, 4) is 0 Å². The first-order chi connectivity index (χ1) is 9.97. The number of rotatable bonds is 6. The minimum atomic E-state index is -4.37. The van der Waals surface area contributed by atoms with Crippen molar-refractivity contribution in [2.24, 2.45) is 0 Å². The van der Waals surface area contributed by atoms with Crippen LogP contribution in [0.15, 0.2) is 18.2 Å². The number of nitrogens with zero attached hydrogens (tertiary/aromatic N) is 1. The number of hydrogen-bond acceptors (Lipinski definition) is 3.